The van der Waals surface area contributed by atoms with Crippen molar-refractivity contribution in [1.29, 1.82) is 0 Å². The second-order valence-electron chi connectivity index (χ2n) is 7.00. The summed E-state index contributed by atoms with van der Waals surface area (Å²) in [5, 5.41) is 11.6. The number of rotatable bonds is 3. The van der Waals surface area contributed by atoms with Gasteiger partial charge in [0, 0.05) is 19.8 Å². The van der Waals surface area contributed by atoms with Gasteiger partial charge in [-0.15, -0.1) is 5.10 Å². The summed E-state index contributed by atoms with van der Waals surface area (Å²) in [5.41, 5.74) is 1.06. The molecule has 1 atom stereocenters. The zero-order valence-electron chi connectivity index (χ0n) is 14.6. The van der Waals surface area contributed by atoms with Crippen LogP contribution in [0.5, 0.6) is 0 Å². The lowest BCUT2D eigenvalue weighted by Gasteiger charge is -2.24. The van der Waals surface area contributed by atoms with E-state index in [1.807, 2.05) is 27.4 Å². The molecule has 134 valence electrons. The monoisotopic (exact) mass is 343 g/mol. The van der Waals surface area contributed by atoms with Crippen molar-refractivity contribution in [2.45, 2.75) is 57.0 Å². The first-order valence-electron chi connectivity index (χ1n) is 9.19. The van der Waals surface area contributed by atoms with Gasteiger partial charge in [-0.25, -0.2) is 14.5 Å². The summed E-state index contributed by atoms with van der Waals surface area (Å²) in [6, 6.07) is 2.32. The van der Waals surface area contributed by atoms with E-state index >= 15 is 0 Å². The molecule has 1 N–H and O–H groups in total. The Balaban J connectivity index is 1.43. The first kappa shape index (κ1) is 16.1. The Labute approximate surface area is 147 Å². The summed E-state index contributed by atoms with van der Waals surface area (Å²) >= 11 is 0. The van der Waals surface area contributed by atoms with Crippen LogP contribution in [0.2, 0.25) is 0 Å². The molecule has 25 heavy (non-hydrogen) atoms. The highest BCUT2D eigenvalue weighted by molar-refractivity contribution is 5.87. The number of likely N-dealkylation sites (tertiary alicyclic amines) is 1. The first-order chi connectivity index (χ1) is 12.2. The SMILES string of the molecule is Cn1nccc1C1CCCN1C(=O)Nc1ncn(C2CCCCC2)n1. The fourth-order valence-corrected chi connectivity index (χ4v) is 4.05. The van der Waals surface area contributed by atoms with E-state index in [1.54, 1.807) is 12.5 Å². The molecule has 8 nitrogen and oxygen atoms in total. The van der Waals surface area contributed by atoms with Gasteiger partial charge in [0.05, 0.1) is 17.8 Å². The first-order valence-corrected chi connectivity index (χ1v) is 9.19. The number of hydrogen-bond donors (Lipinski definition) is 1. The van der Waals surface area contributed by atoms with E-state index in [9.17, 15) is 4.79 Å². The van der Waals surface area contributed by atoms with Crippen LogP contribution in [0.1, 0.15) is 62.7 Å². The van der Waals surface area contributed by atoms with Crippen LogP contribution in [0.4, 0.5) is 10.7 Å². The molecule has 1 unspecified atom stereocenters. The van der Waals surface area contributed by atoms with Gasteiger partial charge in [-0.05, 0) is 31.7 Å². The predicted molar refractivity (Wildman–Crippen MR) is 93.1 cm³/mol. The summed E-state index contributed by atoms with van der Waals surface area (Å²) in [7, 11) is 1.91. The molecule has 2 aromatic heterocycles. The maximum absolute atomic E-state index is 12.7. The molecule has 0 aromatic carbocycles. The molecule has 2 aromatic rings. The number of nitrogens with one attached hydrogen (secondary N) is 1. The lowest BCUT2D eigenvalue weighted by molar-refractivity contribution is 0.204. The third-order valence-electron chi connectivity index (χ3n) is 5.39. The van der Waals surface area contributed by atoms with Crippen molar-refractivity contribution in [3.8, 4) is 0 Å². The maximum Gasteiger partial charge on any atom is 0.324 e. The Kier molecular flexibility index (Phi) is 4.42. The molecular weight excluding hydrogens is 318 g/mol. The number of amides is 2. The van der Waals surface area contributed by atoms with Crippen molar-refractivity contribution in [3.63, 3.8) is 0 Å². The van der Waals surface area contributed by atoms with Gasteiger partial charge < -0.3 is 4.90 Å². The molecule has 2 aliphatic rings. The minimum absolute atomic E-state index is 0.0629. The molecular formula is C17H25N7O. The topological polar surface area (TPSA) is 80.9 Å². The standard InChI is InChI=1S/C17H25N7O/c1-22-14(9-10-19-22)15-8-5-11-23(15)17(25)20-16-18-12-24(21-16)13-6-3-2-4-7-13/h9-10,12-13,15H,2-8,11H2,1H3,(H,20,21,25). The van der Waals surface area contributed by atoms with Gasteiger partial charge in [0.1, 0.15) is 6.33 Å². The number of carbonyl (C=O) groups is 1. The Morgan fingerprint density at radius 2 is 2.04 bits per heavy atom. The van der Waals surface area contributed by atoms with Gasteiger partial charge in [0.15, 0.2) is 0 Å². The van der Waals surface area contributed by atoms with Crippen LogP contribution >= 0.6 is 0 Å². The molecule has 1 saturated heterocycles. The highest BCUT2D eigenvalue weighted by Gasteiger charge is 2.32. The van der Waals surface area contributed by atoms with Crippen molar-refractivity contribution in [2.24, 2.45) is 7.05 Å². The molecule has 0 radical (unpaired) electrons. The number of urea groups is 1. The fraction of sp³-hybridized carbons (Fsp3) is 0.647. The zero-order chi connectivity index (χ0) is 17.2. The number of carbonyl (C=O) groups excluding carboxylic acids is 1. The fourth-order valence-electron chi connectivity index (χ4n) is 4.05. The lowest BCUT2D eigenvalue weighted by Crippen LogP contribution is -2.35. The van der Waals surface area contributed by atoms with E-state index in [2.05, 4.69) is 20.5 Å². The van der Waals surface area contributed by atoms with Crippen molar-refractivity contribution in [3.05, 3.63) is 24.3 Å². The van der Waals surface area contributed by atoms with Gasteiger partial charge in [0.2, 0.25) is 5.95 Å². The van der Waals surface area contributed by atoms with Crippen molar-refractivity contribution < 1.29 is 4.79 Å². The molecule has 1 aliphatic heterocycles. The Hall–Kier alpha value is -2.38. The van der Waals surface area contributed by atoms with Crippen LogP contribution in [-0.4, -0.2) is 42.0 Å². The average Bonchev–Trinajstić information content (AvgIpc) is 3.35. The van der Waals surface area contributed by atoms with Gasteiger partial charge in [-0.1, -0.05) is 19.3 Å². The van der Waals surface area contributed by atoms with Crippen LogP contribution in [0.15, 0.2) is 18.6 Å². The van der Waals surface area contributed by atoms with Crippen molar-refractivity contribution >= 4 is 12.0 Å². The quantitative estimate of drug-likeness (QED) is 0.929. The molecule has 0 bridgehead atoms. The summed E-state index contributed by atoms with van der Waals surface area (Å²) in [4.78, 5) is 18.9. The van der Waals surface area contributed by atoms with Gasteiger partial charge in [-0.2, -0.15) is 5.10 Å². The van der Waals surface area contributed by atoms with E-state index in [-0.39, 0.29) is 12.1 Å². The Morgan fingerprint density at radius 1 is 1.20 bits per heavy atom. The van der Waals surface area contributed by atoms with Crippen LogP contribution in [0, 0.1) is 0 Å². The van der Waals surface area contributed by atoms with E-state index in [0.717, 1.165) is 37.9 Å². The van der Waals surface area contributed by atoms with E-state index in [0.29, 0.717) is 12.0 Å². The average molecular weight is 343 g/mol. The largest absolute Gasteiger partial charge is 0.324 e. The molecule has 4 rings (SSSR count). The van der Waals surface area contributed by atoms with Gasteiger partial charge in [0.25, 0.3) is 0 Å². The zero-order valence-corrected chi connectivity index (χ0v) is 14.6. The summed E-state index contributed by atoms with van der Waals surface area (Å²) in [6.07, 6.45) is 11.5. The van der Waals surface area contributed by atoms with E-state index < -0.39 is 0 Å². The number of aryl methyl sites for hydroxylation is 1. The summed E-state index contributed by atoms with van der Waals surface area (Å²) in [6.45, 7) is 0.741. The normalized spacial score (nSPS) is 21.6. The molecule has 8 heteroatoms. The number of nitrogens with zero attached hydrogens (tertiary/aromatic N) is 6. The number of hydrogen-bond acceptors (Lipinski definition) is 4. The molecule has 2 amide bonds. The number of aromatic nitrogens is 5. The summed E-state index contributed by atoms with van der Waals surface area (Å²) in [5.74, 6) is 0.395. The predicted octanol–water partition coefficient (Wildman–Crippen LogP) is 2.89. The Bertz CT molecular complexity index is 731. The second-order valence-corrected chi connectivity index (χ2v) is 7.00. The maximum atomic E-state index is 12.7. The minimum atomic E-state index is -0.134. The highest BCUT2D eigenvalue weighted by Crippen LogP contribution is 2.32. The molecule has 3 heterocycles. The molecule has 1 saturated carbocycles. The van der Waals surface area contributed by atoms with Gasteiger partial charge in [-0.3, -0.25) is 10.00 Å². The second kappa shape index (κ2) is 6.85. The third-order valence-corrected chi connectivity index (χ3v) is 5.39. The van der Waals surface area contributed by atoms with E-state index in [1.165, 1.54) is 19.3 Å². The van der Waals surface area contributed by atoms with Crippen LogP contribution in [0.3, 0.4) is 0 Å². The minimum Gasteiger partial charge on any atom is -0.316 e. The smallest absolute Gasteiger partial charge is 0.316 e. The van der Waals surface area contributed by atoms with E-state index in [4.69, 9.17) is 0 Å². The molecule has 0 spiro atoms. The molecule has 1 aliphatic carbocycles. The number of anilines is 1. The third kappa shape index (κ3) is 3.25. The van der Waals surface area contributed by atoms with Crippen LogP contribution in [-0.2, 0) is 7.05 Å². The Morgan fingerprint density at radius 3 is 2.80 bits per heavy atom. The lowest BCUT2D eigenvalue weighted by atomic mass is 9.96. The highest BCUT2D eigenvalue weighted by atomic mass is 16.2. The van der Waals surface area contributed by atoms with Crippen LogP contribution < -0.4 is 5.32 Å². The van der Waals surface area contributed by atoms with Crippen LogP contribution in [0.25, 0.3) is 0 Å². The molecule has 2 fully saturated rings. The van der Waals surface area contributed by atoms with Gasteiger partial charge >= 0.3 is 6.03 Å². The van der Waals surface area contributed by atoms with Crippen molar-refractivity contribution in [1.82, 2.24) is 29.4 Å². The van der Waals surface area contributed by atoms with Crippen molar-refractivity contribution in [2.75, 3.05) is 11.9 Å². The summed E-state index contributed by atoms with van der Waals surface area (Å²) < 4.78 is 3.75.